The maximum Gasteiger partial charge on any atom is 0.336 e. The van der Waals surface area contributed by atoms with Crippen LogP contribution in [0.3, 0.4) is 0 Å². The average molecular weight is 294 g/mol. The van der Waals surface area contributed by atoms with Crippen LogP contribution in [-0.2, 0) is 0 Å². The van der Waals surface area contributed by atoms with Crippen LogP contribution in [0.25, 0.3) is 0 Å². The van der Waals surface area contributed by atoms with Gasteiger partial charge in [-0.2, -0.15) is 11.8 Å². The minimum Gasteiger partial charge on any atom is -0.478 e. The van der Waals surface area contributed by atoms with Gasteiger partial charge in [0.1, 0.15) is 0 Å². The standard InChI is InChI=1S/C14H18N2O3S/c1-9-3-4-11(7-12(9)13(17)18)15-14(19)16-5-6-20-10(2)8-16/h3-4,7,10H,5-6,8H2,1-2H3,(H,15,19)(H,17,18). The molecule has 20 heavy (non-hydrogen) atoms. The third-order valence-corrected chi connectivity index (χ3v) is 4.38. The molecule has 1 aromatic rings. The maximum atomic E-state index is 12.1. The molecule has 0 bridgehead atoms. The van der Waals surface area contributed by atoms with E-state index in [2.05, 4.69) is 12.2 Å². The first-order valence-corrected chi connectivity index (χ1v) is 7.53. The van der Waals surface area contributed by atoms with Gasteiger partial charge in [-0.25, -0.2) is 9.59 Å². The number of rotatable bonds is 2. The Balaban J connectivity index is 2.07. The van der Waals surface area contributed by atoms with Crippen molar-refractivity contribution in [1.82, 2.24) is 4.90 Å². The van der Waals surface area contributed by atoms with Crippen molar-refractivity contribution in [2.45, 2.75) is 19.1 Å². The third-order valence-electron chi connectivity index (χ3n) is 3.25. The Hall–Kier alpha value is -1.69. The number of nitrogens with one attached hydrogen (secondary N) is 1. The predicted molar refractivity (Wildman–Crippen MR) is 80.7 cm³/mol. The van der Waals surface area contributed by atoms with E-state index in [1.165, 1.54) is 6.07 Å². The Labute approximate surface area is 122 Å². The number of amides is 2. The van der Waals surface area contributed by atoms with Crippen LogP contribution < -0.4 is 5.32 Å². The number of hydrogen-bond acceptors (Lipinski definition) is 3. The van der Waals surface area contributed by atoms with E-state index >= 15 is 0 Å². The molecular formula is C14H18N2O3S. The number of carbonyl (C=O) groups is 2. The van der Waals surface area contributed by atoms with Crippen LogP contribution in [0.4, 0.5) is 10.5 Å². The topological polar surface area (TPSA) is 69.6 Å². The second-order valence-corrected chi connectivity index (χ2v) is 6.44. The summed E-state index contributed by atoms with van der Waals surface area (Å²) < 4.78 is 0. The van der Waals surface area contributed by atoms with Crippen LogP contribution in [0, 0.1) is 6.92 Å². The van der Waals surface area contributed by atoms with Crippen LogP contribution in [0.1, 0.15) is 22.8 Å². The van der Waals surface area contributed by atoms with E-state index in [1.807, 2.05) is 11.8 Å². The Morgan fingerprint density at radius 2 is 2.20 bits per heavy atom. The molecule has 0 aromatic heterocycles. The molecule has 108 valence electrons. The van der Waals surface area contributed by atoms with Gasteiger partial charge in [0.05, 0.1) is 5.56 Å². The van der Waals surface area contributed by atoms with E-state index in [4.69, 9.17) is 5.11 Å². The summed E-state index contributed by atoms with van der Waals surface area (Å²) >= 11 is 1.85. The predicted octanol–water partition coefficient (Wildman–Crippen LogP) is 2.66. The molecule has 2 rings (SSSR count). The van der Waals surface area contributed by atoms with Crippen molar-refractivity contribution in [3.8, 4) is 0 Å². The smallest absolute Gasteiger partial charge is 0.336 e. The molecule has 1 aliphatic heterocycles. The van der Waals surface area contributed by atoms with E-state index in [0.717, 1.165) is 12.3 Å². The average Bonchev–Trinajstić information content (AvgIpc) is 2.40. The molecule has 6 heteroatoms. The Bertz CT molecular complexity index is 533. The third kappa shape index (κ3) is 3.45. The van der Waals surface area contributed by atoms with Crippen LogP contribution in [0.5, 0.6) is 0 Å². The fourth-order valence-electron chi connectivity index (χ4n) is 2.14. The zero-order chi connectivity index (χ0) is 14.7. The molecule has 1 heterocycles. The number of benzene rings is 1. The first kappa shape index (κ1) is 14.7. The maximum absolute atomic E-state index is 12.1. The number of hydrogen-bond donors (Lipinski definition) is 2. The highest BCUT2D eigenvalue weighted by molar-refractivity contribution is 7.99. The van der Waals surface area contributed by atoms with Gasteiger partial charge in [0.25, 0.3) is 0 Å². The van der Waals surface area contributed by atoms with E-state index in [9.17, 15) is 9.59 Å². The van der Waals surface area contributed by atoms with Gasteiger partial charge in [-0.05, 0) is 24.6 Å². The SMILES string of the molecule is Cc1ccc(NC(=O)N2CCSC(C)C2)cc1C(=O)O. The monoisotopic (exact) mass is 294 g/mol. The Morgan fingerprint density at radius 3 is 2.85 bits per heavy atom. The summed E-state index contributed by atoms with van der Waals surface area (Å²) in [4.78, 5) is 25.0. The number of anilines is 1. The Kier molecular flexibility index (Phi) is 4.54. The fraction of sp³-hybridized carbons (Fsp3) is 0.429. The van der Waals surface area contributed by atoms with E-state index in [0.29, 0.717) is 23.0 Å². The van der Waals surface area contributed by atoms with E-state index in [1.54, 1.807) is 24.0 Å². The molecule has 1 atom stereocenters. The first-order valence-electron chi connectivity index (χ1n) is 6.49. The van der Waals surface area contributed by atoms with Crippen molar-refractivity contribution in [2.24, 2.45) is 0 Å². The molecule has 2 N–H and O–H groups in total. The summed E-state index contributed by atoms with van der Waals surface area (Å²) in [5.41, 5.74) is 1.41. The molecule has 1 unspecified atom stereocenters. The summed E-state index contributed by atoms with van der Waals surface area (Å²) in [5, 5.41) is 12.3. The summed E-state index contributed by atoms with van der Waals surface area (Å²) in [6, 6.07) is 4.75. The molecule has 0 saturated carbocycles. The lowest BCUT2D eigenvalue weighted by Crippen LogP contribution is -2.43. The van der Waals surface area contributed by atoms with E-state index < -0.39 is 5.97 Å². The molecule has 0 aliphatic carbocycles. The number of nitrogens with zero attached hydrogens (tertiary/aromatic N) is 1. The van der Waals surface area contributed by atoms with Gasteiger partial charge in [-0.1, -0.05) is 13.0 Å². The molecule has 0 radical (unpaired) electrons. The number of carbonyl (C=O) groups excluding carboxylic acids is 1. The highest BCUT2D eigenvalue weighted by atomic mass is 32.2. The normalized spacial score (nSPS) is 18.7. The quantitative estimate of drug-likeness (QED) is 0.880. The molecule has 1 aliphatic rings. The molecule has 2 amide bonds. The second kappa shape index (κ2) is 6.17. The fourth-order valence-corrected chi connectivity index (χ4v) is 3.15. The lowest BCUT2D eigenvalue weighted by Gasteiger charge is -2.30. The summed E-state index contributed by atoms with van der Waals surface area (Å²) in [7, 11) is 0. The zero-order valence-corrected chi connectivity index (χ0v) is 12.4. The van der Waals surface area contributed by atoms with Crippen molar-refractivity contribution < 1.29 is 14.7 Å². The molecule has 5 nitrogen and oxygen atoms in total. The van der Waals surface area contributed by atoms with Gasteiger partial charge >= 0.3 is 12.0 Å². The number of urea groups is 1. The summed E-state index contributed by atoms with van der Waals surface area (Å²) in [6.45, 7) is 5.27. The number of aromatic carboxylic acids is 1. The van der Waals surface area contributed by atoms with Crippen molar-refractivity contribution in [1.29, 1.82) is 0 Å². The lowest BCUT2D eigenvalue weighted by atomic mass is 10.1. The highest BCUT2D eigenvalue weighted by Gasteiger charge is 2.21. The summed E-state index contributed by atoms with van der Waals surface area (Å²) in [5.74, 6) is -0.0512. The molecular weight excluding hydrogens is 276 g/mol. The molecule has 0 spiro atoms. The van der Waals surface area contributed by atoms with Crippen molar-refractivity contribution in [2.75, 3.05) is 24.2 Å². The molecule has 1 saturated heterocycles. The second-order valence-electron chi connectivity index (χ2n) is 4.89. The van der Waals surface area contributed by atoms with Crippen molar-refractivity contribution in [3.63, 3.8) is 0 Å². The zero-order valence-electron chi connectivity index (χ0n) is 11.5. The van der Waals surface area contributed by atoms with Crippen LogP contribution in [0.15, 0.2) is 18.2 Å². The van der Waals surface area contributed by atoms with Gasteiger partial charge in [0.2, 0.25) is 0 Å². The van der Waals surface area contributed by atoms with Crippen LogP contribution in [-0.4, -0.2) is 46.1 Å². The van der Waals surface area contributed by atoms with Gasteiger partial charge in [0, 0.05) is 29.8 Å². The number of carboxylic acids is 1. The van der Waals surface area contributed by atoms with Gasteiger partial charge in [0.15, 0.2) is 0 Å². The lowest BCUT2D eigenvalue weighted by molar-refractivity contribution is 0.0696. The van der Waals surface area contributed by atoms with Crippen molar-refractivity contribution >= 4 is 29.4 Å². The van der Waals surface area contributed by atoms with Gasteiger partial charge in [-0.15, -0.1) is 0 Å². The summed E-state index contributed by atoms with van der Waals surface area (Å²) in [6.07, 6.45) is 0. The number of carboxylic acid groups (broad SMARTS) is 1. The number of thioether (sulfide) groups is 1. The highest BCUT2D eigenvalue weighted by Crippen LogP contribution is 2.20. The molecule has 1 aromatic carbocycles. The number of aryl methyl sites for hydroxylation is 1. The minimum atomic E-state index is -0.985. The van der Waals surface area contributed by atoms with Gasteiger partial charge < -0.3 is 15.3 Å². The minimum absolute atomic E-state index is 0.169. The Morgan fingerprint density at radius 1 is 1.45 bits per heavy atom. The molecule has 1 fully saturated rings. The largest absolute Gasteiger partial charge is 0.478 e. The van der Waals surface area contributed by atoms with Crippen molar-refractivity contribution in [3.05, 3.63) is 29.3 Å². The van der Waals surface area contributed by atoms with Crippen LogP contribution in [0.2, 0.25) is 0 Å². The van der Waals surface area contributed by atoms with Gasteiger partial charge in [-0.3, -0.25) is 0 Å². The van der Waals surface area contributed by atoms with E-state index in [-0.39, 0.29) is 11.6 Å². The van der Waals surface area contributed by atoms with Crippen LogP contribution >= 0.6 is 11.8 Å². The first-order chi connectivity index (χ1) is 9.47.